The highest BCUT2D eigenvalue weighted by atomic mass is 35.5. The maximum atomic E-state index is 14.1. The van der Waals surface area contributed by atoms with Crippen LogP contribution in [0.4, 0.5) is 0 Å². The van der Waals surface area contributed by atoms with E-state index in [1.807, 2.05) is 54.6 Å². The third-order valence-corrected chi connectivity index (χ3v) is 11.6. The topological polar surface area (TPSA) is 126 Å². The van der Waals surface area contributed by atoms with Crippen molar-refractivity contribution in [3.05, 3.63) is 167 Å². The van der Waals surface area contributed by atoms with Gasteiger partial charge in [0, 0.05) is 30.9 Å². The molecule has 0 unspecified atom stereocenters. The van der Waals surface area contributed by atoms with Gasteiger partial charge in [-0.3, -0.25) is 4.98 Å². The second kappa shape index (κ2) is 15.6. The van der Waals surface area contributed by atoms with E-state index in [9.17, 15) is 21.9 Å². The van der Waals surface area contributed by atoms with Gasteiger partial charge in [0.1, 0.15) is 16.4 Å². The van der Waals surface area contributed by atoms with Crippen LogP contribution in [0.15, 0.2) is 150 Å². The summed E-state index contributed by atoms with van der Waals surface area (Å²) in [6.45, 7) is -0.202. The SMILES string of the molecule is O=S(=O)(NCc1cccc(CN(Cc2ccc(-c3ccccc3)cc2)S(=O)(=O)c2cc(Cl)cc(Cl)c2O)c1)c1ccc(Oc2cccnc2)cc1. The summed E-state index contributed by atoms with van der Waals surface area (Å²) in [4.78, 5) is 3.62. The molecule has 0 aliphatic carbocycles. The maximum Gasteiger partial charge on any atom is 0.247 e. The van der Waals surface area contributed by atoms with Gasteiger partial charge in [0.25, 0.3) is 0 Å². The molecule has 2 N–H and O–H groups in total. The van der Waals surface area contributed by atoms with Gasteiger partial charge in [-0.1, -0.05) is 102 Å². The molecule has 0 atom stereocenters. The van der Waals surface area contributed by atoms with Gasteiger partial charge < -0.3 is 9.84 Å². The lowest BCUT2D eigenvalue weighted by Gasteiger charge is -2.24. The Morgan fingerprint density at radius 3 is 2.08 bits per heavy atom. The molecule has 51 heavy (non-hydrogen) atoms. The number of nitrogens with zero attached hydrogens (tertiary/aromatic N) is 2. The minimum absolute atomic E-state index is 0.0433. The molecule has 0 saturated carbocycles. The fourth-order valence-corrected chi connectivity index (χ4v) is 8.45. The number of nitrogens with one attached hydrogen (secondary N) is 1. The van der Waals surface area contributed by atoms with Gasteiger partial charge in [0.05, 0.1) is 16.1 Å². The van der Waals surface area contributed by atoms with E-state index in [0.717, 1.165) is 17.2 Å². The predicted octanol–water partition coefficient (Wildman–Crippen LogP) is 8.42. The van der Waals surface area contributed by atoms with Crippen LogP contribution in [0.1, 0.15) is 16.7 Å². The van der Waals surface area contributed by atoms with E-state index in [4.69, 9.17) is 27.9 Å². The van der Waals surface area contributed by atoms with E-state index in [1.165, 1.54) is 22.5 Å². The molecular formula is C38H31Cl2N3O6S2. The van der Waals surface area contributed by atoms with Gasteiger partial charge in [0.15, 0.2) is 5.75 Å². The summed E-state index contributed by atoms with van der Waals surface area (Å²) in [5.41, 5.74) is 3.88. The predicted molar refractivity (Wildman–Crippen MR) is 198 cm³/mol. The second-order valence-corrected chi connectivity index (χ2v) is 16.0. The van der Waals surface area contributed by atoms with Gasteiger partial charge in [-0.15, -0.1) is 0 Å². The Kier molecular flexibility index (Phi) is 11.1. The second-order valence-electron chi connectivity index (χ2n) is 11.5. The highest BCUT2D eigenvalue weighted by Gasteiger charge is 2.30. The number of hydrogen-bond donors (Lipinski definition) is 2. The van der Waals surface area contributed by atoms with Crippen LogP contribution in [0.3, 0.4) is 0 Å². The largest absolute Gasteiger partial charge is 0.505 e. The average Bonchev–Trinajstić information content (AvgIpc) is 3.13. The molecule has 0 spiro atoms. The Morgan fingerprint density at radius 1 is 0.686 bits per heavy atom. The molecule has 6 rings (SSSR count). The van der Waals surface area contributed by atoms with Gasteiger partial charge in [0.2, 0.25) is 20.0 Å². The van der Waals surface area contributed by atoms with E-state index >= 15 is 0 Å². The van der Waals surface area contributed by atoms with Crippen LogP contribution in [0, 0.1) is 0 Å². The van der Waals surface area contributed by atoms with E-state index in [1.54, 1.807) is 60.9 Å². The number of rotatable bonds is 13. The van der Waals surface area contributed by atoms with E-state index in [0.29, 0.717) is 28.2 Å². The third kappa shape index (κ3) is 8.95. The van der Waals surface area contributed by atoms with Crippen LogP contribution in [0.5, 0.6) is 17.2 Å². The molecule has 0 saturated heterocycles. The normalized spacial score (nSPS) is 11.8. The summed E-state index contributed by atoms with van der Waals surface area (Å²) in [6.07, 6.45) is 3.17. The van der Waals surface area contributed by atoms with Gasteiger partial charge in [-0.2, -0.15) is 4.31 Å². The van der Waals surface area contributed by atoms with Crippen molar-refractivity contribution in [1.82, 2.24) is 14.0 Å². The quantitative estimate of drug-likeness (QED) is 0.121. The lowest BCUT2D eigenvalue weighted by molar-refractivity contribution is 0.394. The van der Waals surface area contributed by atoms with E-state index < -0.39 is 30.7 Å². The number of ether oxygens (including phenoxy) is 1. The summed E-state index contributed by atoms with van der Waals surface area (Å²) in [7, 11) is -8.25. The van der Waals surface area contributed by atoms with Crippen LogP contribution in [0.2, 0.25) is 10.0 Å². The first-order chi connectivity index (χ1) is 24.5. The number of hydrogen-bond acceptors (Lipinski definition) is 7. The van der Waals surface area contributed by atoms with Crippen molar-refractivity contribution in [2.24, 2.45) is 0 Å². The Labute approximate surface area is 306 Å². The standard InChI is InChI=1S/C38H31Cl2N3O6S2/c39-32-21-36(40)38(44)37(22-32)51(47,48)43(25-27-11-13-31(14-12-27)30-8-2-1-3-9-30)26-29-7-4-6-28(20-29)23-42-50(45,46)35-17-15-33(16-18-35)49-34-10-5-19-41-24-34/h1-22,24,42,44H,23,25-26H2. The first-order valence-electron chi connectivity index (χ1n) is 15.6. The van der Waals surface area contributed by atoms with Crippen molar-refractivity contribution in [1.29, 1.82) is 0 Å². The number of phenols is 1. The number of pyridine rings is 1. The minimum atomic E-state index is -4.35. The molecule has 5 aromatic carbocycles. The number of sulfonamides is 2. The van der Waals surface area contributed by atoms with Crippen LogP contribution >= 0.6 is 23.2 Å². The first kappa shape index (κ1) is 36.1. The lowest BCUT2D eigenvalue weighted by Crippen LogP contribution is -2.30. The highest BCUT2D eigenvalue weighted by Crippen LogP contribution is 2.37. The van der Waals surface area contributed by atoms with Crippen LogP contribution in [0.25, 0.3) is 11.1 Å². The number of benzene rings is 5. The molecule has 0 radical (unpaired) electrons. The van der Waals surface area contributed by atoms with Crippen LogP contribution < -0.4 is 9.46 Å². The number of halogens is 2. The molecule has 0 aliphatic rings. The van der Waals surface area contributed by atoms with Crippen molar-refractivity contribution in [3.8, 4) is 28.4 Å². The van der Waals surface area contributed by atoms with Crippen molar-refractivity contribution in [3.63, 3.8) is 0 Å². The zero-order valence-corrected chi connectivity index (χ0v) is 30.0. The molecule has 13 heteroatoms. The Balaban J connectivity index is 1.21. The summed E-state index contributed by atoms with van der Waals surface area (Å²) in [6, 6.07) is 36.1. The fraction of sp³-hybridized carbons (Fsp3) is 0.0789. The smallest absolute Gasteiger partial charge is 0.247 e. The molecule has 0 bridgehead atoms. The molecule has 1 heterocycles. The van der Waals surface area contributed by atoms with Crippen molar-refractivity contribution in [2.45, 2.75) is 29.4 Å². The van der Waals surface area contributed by atoms with E-state index in [2.05, 4.69) is 9.71 Å². The molecule has 0 amide bonds. The monoisotopic (exact) mass is 759 g/mol. The summed E-state index contributed by atoms with van der Waals surface area (Å²) < 4.78 is 64.0. The molecule has 0 fully saturated rings. The van der Waals surface area contributed by atoms with Crippen LogP contribution in [-0.4, -0.2) is 31.2 Å². The van der Waals surface area contributed by atoms with Crippen LogP contribution in [-0.2, 0) is 39.7 Å². The highest BCUT2D eigenvalue weighted by molar-refractivity contribution is 7.89. The maximum absolute atomic E-state index is 14.1. The summed E-state index contributed by atoms with van der Waals surface area (Å²) in [5.74, 6) is 0.367. The van der Waals surface area contributed by atoms with Gasteiger partial charge in [-0.05, 0) is 76.3 Å². The number of aromatic nitrogens is 1. The molecule has 1 aromatic heterocycles. The van der Waals surface area contributed by atoms with Gasteiger partial charge in [-0.25, -0.2) is 21.6 Å². The van der Waals surface area contributed by atoms with Crippen molar-refractivity contribution in [2.75, 3.05) is 0 Å². The molecule has 260 valence electrons. The molecular weight excluding hydrogens is 729 g/mol. The average molecular weight is 761 g/mol. The fourth-order valence-electron chi connectivity index (χ4n) is 5.27. The van der Waals surface area contributed by atoms with E-state index in [-0.39, 0.29) is 34.6 Å². The zero-order valence-electron chi connectivity index (χ0n) is 26.9. The summed E-state index contributed by atoms with van der Waals surface area (Å²) >= 11 is 12.3. The minimum Gasteiger partial charge on any atom is -0.505 e. The Bertz CT molecular complexity index is 2350. The lowest BCUT2D eigenvalue weighted by atomic mass is 10.0. The number of aromatic hydroxyl groups is 1. The third-order valence-electron chi connectivity index (χ3n) is 7.85. The first-order valence-corrected chi connectivity index (χ1v) is 19.2. The zero-order chi connectivity index (χ0) is 36.0. The Hall–Kier alpha value is -4.75. The molecule has 6 aromatic rings. The molecule has 9 nitrogen and oxygen atoms in total. The number of phenolic OH excluding ortho intramolecular Hbond substituents is 1. The van der Waals surface area contributed by atoms with Crippen molar-refractivity contribution >= 4 is 43.2 Å². The van der Waals surface area contributed by atoms with Crippen molar-refractivity contribution < 1.29 is 26.7 Å². The molecule has 0 aliphatic heterocycles. The van der Waals surface area contributed by atoms with Gasteiger partial charge >= 0.3 is 0 Å². The summed E-state index contributed by atoms with van der Waals surface area (Å²) in [5, 5.41) is 10.5. The Morgan fingerprint density at radius 2 is 1.37 bits per heavy atom.